The molecule has 0 spiro atoms. The topological polar surface area (TPSA) is 46.6 Å². The van der Waals surface area contributed by atoms with Gasteiger partial charge in [-0.05, 0) is 30.5 Å². The fourth-order valence-corrected chi connectivity index (χ4v) is 3.13. The number of hydrogen-bond acceptors (Lipinski definition) is 3. The zero-order valence-electron chi connectivity index (χ0n) is 14.7. The maximum Gasteiger partial charge on any atom is 0.311 e. The predicted octanol–water partition coefficient (Wildman–Crippen LogP) is 3.65. The van der Waals surface area contributed by atoms with E-state index in [1.807, 2.05) is 55.5 Å². The SMILES string of the molecule is CCc1ccccc1N1C[C@@H](C(=O)OCc2ccc(C)cc2)CC1=O. The number of amides is 1. The van der Waals surface area contributed by atoms with Crippen molar-refractivity contribution in [2.24, 2.45) is 5.92 Å². The number of ether oxygens (including phenoxy) is 1. The summed E-state index contributed by atoms with van der Waals surface area (Å²) in [5.74, 6) is -0.716. The minimum atomic E-state index is -0.400. The van der Waals surface area contributed by atoms with Crippen LogP contribution in [0.1, 0.15) is 30.0 Å². The van der Waals surface area contributed by atoms with Gasteiger partial charge in [0.2, 0.25) is 5.91 Å². The second kappa shape index (κ2) is 7.51. The minimum absolute atomic E-state index is 0.0156. The number of esters is 1. The van der Waals surface area contributed by atoms with Crippen LogP contribution in [-0.4, -0.2) is 18.4 Å². The first-order valence-electron chi connectivity index (χ1n) is 8.69. The molecule has 1 atom stereocenters. The Kier molecular flexibility index (Phi) is 5.17. The smallest absolute Gasteiger partial charge is 0.311 e. The highest BCUT2D eigenvalue weighted by Gasteiger charge is 2.36. The van der Waals surface area contributed by atoms with Gasteiger partial charge in [-0.3, -0.25) is 9.59 Å². The number of nitrogens with zero attached hydrogens (tertiary/aromatic N) is 1. The van der Waals surface area contributed by atoms with Crippen LogP contribution in [0.15, 0.2) is 48.5 Å². The van der Waals surface area contributed by atoms with Gasteiger partial charge in [0.05, 0.1) is 5.92 Å². The largest absolute Gasteiger partial charge is 0.461 e. The molecule has 0 saturated carbocycles. The van der Waals surface area contributed by atoms with Crippen LogP contribution in [0, 0.1) is 12.8 Å². The molecular formula is C21H23NO3. The maximum atomic E-state index is 12.4. The molecule has 1 aliphatic heterocycles. The van der Waals surface area contributed by atoms with Gasteiger partial charge < -0.3 is 9.64 Å². The Bertz CT molecular complexity index is 767. The van der Waals surface area contributed by atoms with E-state index >= 15 is 0 Å². The quantitative estimate of drug-likeness (QED) is 0.782. The summed E-state index contributed by atoms with van der Waals surface area (Å²) < 4.78 is 5.42. The minimum Gasteiger partial charge on any atom is -0.461 e. The van der Waals surface area contributed by atoms with Crippen molar-refractivity contribution < 1.29 is 14.3 Å². The lowest BCUT2D eigenvalue weighted by Crippen LogP contribution is -2.27. The molecule has 4 heteroatoms. The van der Waals surface area contributed by atoms with Crippen molar-refractivity contribution in [2.45, 2.75) is 33.3 Å². The second-order valence-electron chi connectivity index (χ2n) is 6.48. The Balaban J connectivity index is 1.63. The Morgan fingerprint density at radius 1 is 1.16 bits per heavy atom. The molecule has 1 saturated heterocycles. The summed E-state index contributed by atoms with van der Waals surface area (Å²) in [6, 6.07) is 15.7. The van der Waals surface area contributed by atoms with Gasteiger partial charge in [0, 0.05) is 18.7 Å². The second-order valence-corrected chi connectivity index (χ2v) is 6.48. The maximum absolute atomic E-state index is 12.4. The average molecular weight is 337 g/mol. The number of benzene rings is 2. The van der Waals surface area contributed by atoms with Crippen LogP contribution in [0.2, 0.25) is 0 Å². The van der Waals surface area contributed by atoms with Gasteiger partial charge >= 0.3 is 5.97 Å². The van der Waals surface area contributed by atoms with E-state index in [2.05, 4.69) is 6.92 Å². The fourth-order valence-electron chi connectivity index (χ4n) is 3.13. The van der Waals surface area contributed by atoms with Gasteiger partial charge in [0.15, 0.2) is 0 Å². The summed E-state index contributed by atoms with van der Waals surface area (Å²) in [6.45, 7) is 4.72. The molecule has 2 aromatic rings. The first-order chi connectivity index (χ1) is 12.1. The number of anilines is 1. The van der Waals surface area contributed by atoms with E-state index in [1.54, 1.807) is 4.90 Å². The highest BCUT2D eigenvalue weighted by atomic mass is 16.5. The molecule has 3 rings (SSSR count). The number of carbonyl (C=O) groups excluding carboxylic acids is 2. The fraction of sp³-hybridized carbons (Fsp3) is 0.333. The van der Waals surface area contributed by atoms with Crippen molar-refractivity contribution in [2.75, 3.05) is 11.4 Å². The average Bonchev–Trinajstić information content (AvgIpc) is 3.02. The summed E-state index contributed by atoms with van der Waals surface area (Å²) >= 11 is 0. The summed E-state index contributed by atoms with van der Waals surface area (Å²) in [4.78, 5) is 26.5. The van der Waals surface area contributed by atoms with E-state index in [4.69, 9.17) is 4.74 Å². The summed E-state index contributed by atoms with van der Waals surface area (Å²) in [5, 5.41) is 0. The first kappa shape index (κ1) is 17.2. The molecule has 1 fully saturated rings. The molecule has 4 nitrogen and oxygen atoms in total. The zero-order chi connectivity index (χ0) is 17.8. The lowest BCUT2D eigenvalue weighted by molar-refractivity contribution is -0.149. The van der Waals surface area contributed by atoms with Crippen LogP contribution in [-0.2, 0) is 27.4 Å². The first-order valence-corrected chi connectivity index (χ1v) is 8.69. The zero-order valence-corrected chi connectivity index (χ0v) is 14.7. The van der Waals surface area contributed by atoms with E-state index in [0.717, 1.165) is 23.2 Å². The molecule has 0 unspecified atom stereocenters. The molecule has 1 amide bonds. The molecule has 1 aliphatic rings. The Morgan fingerprint density at radius 3 is 2.60 bits per heavy atom. The molecule has 0 aromatic heterocycles. The number of carbonyl (C=O) groups is 2. The molecule has 25 heavy (non-hydrogen) atoms. The van der Waals surface area contributed by atoms with Crippen LogP contribution in [0.4, 0.5) is 5.69 Å². The van der Waals surface area contributed by atoms with Crippen molar-refractivity contribution in [3.05, 3.63) is 65.2 Å². The van der Waals surface area contributed by atoms with Gasteiger partial charge in [0.1, 0.15) is 6.61 Å². The normalized spacial score (nSPS) is 17.0. The Hall–Kier alpha value is -2.62. The van der Waals surface area contributed by atoms with Gasteiger partial charge in [-0.2, -0.15) is 0 Å². The van der Waals surface area contributed by atoms with E-state index in [9.17, 15) is 9.59 Å². The highest BCUT2D eigenvalue weighted by molar-refractivity contribution is 6.00. The van der Waals surface area contributed by atoms with Crippen molar-refractivity contribution in [1.82, 2.24) is 0 Å². The van der Waals surface area contributed by atoms with Crippen molar-refractivity contribution in [3.63, 3.8) is 0 Å². The van der Waals surface area contributed by atoms with Gasteiger partial charge in [-0.25, -0.2) is 0 Å². The van der Waals surface area contributed by atoms with Crippen molar-refractivity contribution in [1.29, 1.82) is 0 Å². The molecule has 0 radical (unpaired) electrons. The third-order valence-electron chi connectivity index (χ3n) is 4.62. The molecule has 0 aliphatic carbocycles. The molecular weight excluding hydrogens is 314 g/mol. The van der Waals surface area contributed by atoms with Crippen molar-refractivity contribution in [3.8, 4) is 0 Å². The molecule has 130 valence electrons. The standard InChI is InChI=1S/C21H23NO3/c1-3-17-6-4-5-7-19(17)22-13-18(12-20(22)23)21(24)25-14-16-10-8-15(2)9-11-16/h4-11,18H,3,12-14H2,1-2H3/t18-/m0/s1. The van der Waals surface area contributed by atoms with Crippen molar-refractivity contribution >= 4 is 17.6 Å². The Labute approximate surface area is 148 Å². The number of aryl methyl sites for hydroxylation is 2. The third-order valence-corrected chi connectivity index (χ3v) is 4.62. The van der Waals surface area contributed by atoms with E-state index in [1.165, 1.54) is 5.56 Å². The number of rotatable bonds is 5. The van der Waals surface area contributed by atoms with Gasteiger partial charge in [-0.15, -0.1) is 0 Å². The number of hydrogen-bond donors (Lipinski definition) is 0. The molecule has 0 bridgehead atoms. The summed E-state index contributed by atoms with van der Waals surface area (Å²) in [6.07, 6.45) is 1.06. The van der Waals surface area contributed by atoms with Crippen LogP contribution in [0.3, 0.4) is 0 Å². The lowest BCUT2D eigenvalue weighted by atomic mass is 10.1. The third kappa shape index (κ3) is 3.90. The lowest BCUT2D eigenvalue weighted by Gasteiger charge is -2.19. The summed E-state index contributed by atoms with van der Waals surface area (Å²) in [7, 11) is 0. The highest BCUT2D eigenvalue weighted by Crippen LogP contribution is 2.29. The monoisotopic (exact) mass is 337 g/mol. The van der Waals surface area contributed by atoms with E-state index in [-0.39, 0.29) is 24.9 Å². The van der Waals surface area contributed by atoms with Crippen LogP contribution < -0.4 is 4.90 Å². The van der Waals surface area contributed by atoms with Crippen LogP contribution in [0.25, 0.3) is 0 Å². The number of para-hydroxylation sites is 1. The van der Waals surface area contributed by atoms with Gasteiger partial charge in [-0.1, -0.05) is 55.0 Å². The van der Waals surface area contributed by atoms with Gasteiger partial charge in [0.25, 0.3) is 0 Å². The predicted molar refractivity (Wildman–Crippen MR) is 97.3 cm³/mol. The molecule has 2 aromatic carbocycles. The summed E-state index contributed by atoms with van der Waals surface area (Å²) in [5.41, 5.74) is 4.14. The van der Waals surface area contributed by atoms with Crippen LogP contribution in [0.5, 0.6) is 0 Å². The van der Waals surface area contributed by atoms with E-state index < -0.39 is 5.92 Å². The van der Waals surface area contributed by atoms with E-state index in [0.29, 0.717) is 6.54 Å². The Morgan fingerprint density at radius 2 is 1.88 bits per heavy atom. The molecule has 0 N–H and O–H groups in total. The van der Waals surface area contributed by atoms with Crippen LogP contribution >= 0.6 is 0 Å². The molecule has 1 heterocycles.